The van der Waals surface area contributed by atoms with Crippen LogP contribution in [0.15, 0.2) is 23.9 Å². The maximum absolute atomic E-state index is 5.56. The Morgan fingerprint density at radius 1 is 1.54 bits per heavy atom. The van der Waals surface area contributed by atoms with E-state index in [1.165, 1.54) is 11.1 Å². The molecule has 1 aromatic heterocycles. The van der Waals surface area contributed by atoms with E-state index in [0.717, 1.165) is 12.1 Å². The molecule has 0 bridgehead atoms. The van der Waals surface area contributed by atoms with Crippen molar-refractivity contribution in [2.24, 2.45) is 5.73 Å². The largest absolute Gasteiger partial charge is 0.327 e. The Hall–Kier alpha value is -1.15. The molecule has 0 aliphatic carbocycles. The number of nitrogens with two attached hydrogens (primary N) is 1. The fourth-order valence-electron chi connectivity index (χ4n) is 1.08. The van der Waals surface area contributed by atoms with E-state index < -0.39 is 0 Å². The summed E-state index contributed by atoms with van der Waals surface area (Å²) in [6, 6.07) is 4.07. The van der Waals surface area contributed by atoms with E-state index in [1.54, 1.807) is 0 Å². The van der Waals surface area contributed by atoms with Crippen molar-refractivity contribution in [1.29, 1.82) is 0 Å². The van der Waals surface area contributed by atoms with Gasteiger partial charge in [-0.2, -0.15) is 0 Å². The molecular weight excluding hydrogens is 160 g/mol. The average molecular weight is 176 g/mol. The summed E-state index contributed by atoms with van der Waals surface area (Å²) in [5.74, 6) is 0. The first-order valence-corrected chi connectivity index (χ1v) is 4.58. The molecule has 0 saturated heterocycles. The van der Waals surface area contributed by atoms with Crippen LogP contribution in [0.25, 0.3) is 6.08 Å². The summed E-state index contributed by atoms with van der Waals surface area (Å²) in [7, 11) is 0. The third kappa shape index (κ3) is 2.99. The molecule has 2 N–H and O–H groups in total. The SMILES string of the molecule is CC/C(=C/c1ccc(C)cn1)CN. The van der Waals surface area contributed by atoms with Crippen LogP contribution in [-0.4, -0.2) is 11.5 Å². The number of pyridine rings is 1. The van der Waals surface area contributed by atoms with Crippen LogP contribution in [0.3, 0.4) is 0 Å². The Morgan fingerprint density at radius 2 is 2.31 bits per heavy atom. The van der Waals surface area contributed by atoms with E-state index >= 15 is 0 Å². The van der Waals surface area contributed by atoms with E-state index in [0.29, 0.717) is 6.54 Å². The predicted octanol–water partition coefficient (Wildman–Crippen LogP) is 2.14. The molecule has 1 rings (SSSR count). The van der Waals surface area contributed by atoms with Gasteiger partial charge in [-0.1, -0.05) is 18.6 Å². The van der Waals surface area contributed by atoms with E-state index in [1.807, 2.05) is 19.2 Å². The molecule has 0 fully saturated rings. The van der Waals surface area contributed by atoms with Crippen LogP contribution in [0.5, 0.6) is 0 Å². The van der Waals surface area contributed by atoms with Gasteiger partial charge in [-0.15, -0.1) is 0 Å². The minimum absolute atomic E-state index is 0.617. The first kappa shape index (κ1) is 9.93. The second-order valence-corrected chi connectivity index (χ2v) is 3.12. The molecule has 0 aliphatic rings. The topological polar surface area (TPSA) is 38.9 Å². The molecule has 70 valence electrons. The van der Waals surface area contributed by atoms with Crippen molar-refractivity contribution < 1.29 is 0 Å². The molecule has 0 saturated carbocycles. The summed E-state index contributed by atoms with van der Waals surface area (Å²) in [6.07, 6.45) is 4.92. The van der Waals surface area contributed by atoms with Gasteiger partial charge in [0.05, 0.1) is 5.69 Å². The second-order valence-electron chi connectivity index (χ2n) is 3.12. The van der Waals surface area contributed by atoms with Crippen molar-refractivity contribution in [3.8, 4) is 0 Å². The van der Waals surface area contributed by atoms with Gasteiger partial charge in [0.25, 0.3) is 0 Å². The number of hydrogen-bond donors (Lipinski definition) is 1. The molecule has 0 atom stereocenters. The highest BCUT2D eigenvalue weighted by molar-refractivity contribution is 5.49. The highest BCUT2D eigenvalue weighted by Gasteiger charge is 1.93. The normalized spacial score (nSPS) is 11.8. The highest BCUT2D eigenvalue weighted by Crippen LogP contribution is 2.06. The first-order chi connectivity index (χ1) is 6.26. The lowest BCUT2D eigenvalue weighted by atomic mass is 10.1. The summed E-state index contributed by atoms with van der Waals surface area (Å²) in [5.41, 5.74) is 8.97. The number of rotatable bonds is 3. The van der Waals surface area contributed by atoms with Gasteiger partial charge in [-0.3, -0.25) is 4.98 Å². The number of nitrogens with zero attached hydrogens (tertiary/aromatic N) is 1. The van der Waals surface area contributed by atoms with Gasteiger partial charge < -0.3 is 5.73 Å². The van der Waals surface area contributed by atoms with Gasteiger partial charge in [-0.05, 0) is 31.1 Å². The standard InChI is InChI=1S/C11H16N2/c1-3-10(7-12)6-11-5-4-9(2)8-13-11/h4-6,8H,3,7,12H2,1-2H3/b10-6-. The lowest BCUT2D eigenvalue weighted by molar-refractivity contribution is 1.02. The number of aryl methyl sites for hydroxylation is 1. The molecule has 2 nitrogen and oxygen atoms in total. The van der Waals surface area contributed by atoms with Crippen LogP contribution in [0.4, 0.5) is 0 Å². The molecular formula is C11H16N2. The van der Waals surface area contributed by atoms with Crippen molar-refractivity contribution in [3.63, 3.8) is 0 Å². The molecule has 1 heterocycles. The molecule has 0 radical (unpaired) electrons. The van der Waals surface area contributed by atoms with Gasteiger partial charge in [0.15, 0.2) is 0 Å². The first-order valence-electron chi connectivity index (χ1n) is 4.58. The van der Waals surface area contributed by atoms with E-state index in [9.17, 15) is 0 Å². The predicted molar refractivity (Wildman–Crippen MR) is 56.3 cm³/mol. The van der Waals surface area contributed by atoms with Crippen LogP contribution < -0.4 is 5.73 Å². The summed E-state index contributed by atoms with van der Waals surface area (Å²) in [5, 5.41) is 0. The Labute approximate surface area is 79.5 Å². The molecule has 0 unspecified atom stereocenters. The Balaban J connectivity index is 2.84. The van der Waals surface area contributed by atoms with Crippen LogP contribution in [0.1, 0.15) is 24.6 Å². The summed E-state index contributed by atoms with van der Waals surface area (Å²) in [6.45, 7) is 4.75. The van der Waals surface area contributed by atoms with Gasteiger partial charge in [0.1, 0.15) is 0 Å². The van der Waals surface area contributed by atoms with Crippen molar-refractivity contribution >= 4 is 6.08 Å². The molecule has 0 aliphatic heterocycles. The quantitative estimate of drug-likeness (QED) is 0.766. The third-order valence-corrected chi connectivity index (χ3v) is 2.00. The fraction of sp³-hybridized carbons (Fsp3) is 0.364. The molecule has 13 heavy (non-hydrogen) atoms. The minimum atomic E-state index is 0.617. The van der Waals surface area contributed by atoms with Gasteiger partial charge in [0.2, 0.25) is 0 Å². The average Bonchev–Trinajstić information content (AvgIpc) is 2.17. The lowest BCUT2D eigenvalue weighted by Crippen LogP contribution is -2.01. The van der Waals surface area contributed by atoms with Crippen LogP contribution >= 0.6 is 0 Å². The van der Waals surface area contributed by atoms with Crippen molar-refractivity contribution in [2.75, 3.05) is 6.54 Å². The zero-order valence-corrected chi connectivity index (χ0v) is 8.25. The molecule has 0 spiro atoms. The molecule has 0 aromatic carbocycles. The smallest absolute Gasteiger partial charge is 0.0629 e. The fourth-order valence-corrected chi connectivity index (χ4v) is 1.08. The van der Waals surface area contributed by atoms with E-state index in [2.05, 4.69) is 24.1 Å². The third-order valence-electron chi connectivity index (χ3n) is 2.00. The van der Waals surface area contributed by atoms with Gasteiger partial charge in [-0.25, -0.2) is 0 Å². The van der Waals surface area contributed by atoms with Crippen LogP contribution in [0, 0.1) is 6.92 Å². The maximum atomic E-state index is 5.56. The zero-order chi connectivity index (χ0) is 9.68. The molecule has 2 heteroatoms. The summed E-state index contributed by atoms with van der Waals surface area (Å²) >= 11 is 0. The van der Waals surface area contributed by atoms with Crippen molar-refractivity contribution in [1.82, 2.24) is 4.98 Å². The van der Waals surface area contributed by atoms with Crippen LogP contribution in [-0.2, 0) is 0 Å². The Bertz CT molecular complexity index is 279. The van der Waals surface area contributed by atoms with E-state index in [-0.39, 0.29) is 0 Å². The van der Waals surface area contributed by atoms with Crippen molar-refractivity contribution in [3.05, 3.63) is 35.2 Å². The molecule has 1 aromatic rings. The zero-order valence-electron chi connectivity index (χ0n) is 8.25. The van der Waals surface area contributed by atoms with Crippen LogP contribution in [0.2, 0.25) is 0 Å². The van der Waals surface area contributed by atoms with Gasteiger partial charge >= 0.3 is 0 Å². The van der Waals surface area contributed by atoms with Crippen molar-refractivity contribution in [2.45, 2.75) is 20.3 Å². The number of aromatic nitrogens is 1. The monoisotopic (exact) mass is 176 g/mol. The highest BCUT2D eigenvalue weighted by atomic mass is 14.7. The summed E-state index contributed by atoms with van der Waals surface area (Å²) in [4.78, 5) is 4.28. The lowest BCUT2D eigenvalue weighted by Gasteiger charge is -2.00. The maximum Gasteiger partial charge on any atom is 0.0629 e. The Kier molecular flexibility index (Phi) is 3.65. The number of hydrogen-bond acceptors (Lipinski definition) is 2. The minimum Gasteiger partial charge on any atom is -0.327 e. The summed E-state index contributed by atoms with van der Waals surface area (Å²) < 4.78 is 0. The molecule has 0 amide bonds. The van der Waals surface area contributed by atoms with E-state index in [4.69, 9.17) is 5.73 Å². The second kappa shape index (κ2) is 4.77. The van der Waals surface area contributed by atoms with Gasteiger partial charge in [0, 0.05) is 12.7 Å². The Morgan fingerprint density at radius 3 is 2.77 bits per heavy atom.